The van der Waals surface area contributed by atoms with E-state index >= 15 is 0 Å². The van der Waals surface area contributed by atoms with Crippen LogP contribution in [0.5, 0.6) is 0 Å². The molecular weight excluding hydrogens is 662 g/mol. The molecule has 1 N–H and O–H groups in total. The van der Waals surface area contributed by atoms with Crippen LogP contribution in [0.25, 0.3) is 0 Å². The zero-order chi connectivity index (χ0) is 33.5. The van der Waals surface area contributed by atoms with Crippen LogP contribution in [0.2, 0.25) is 10.0 Å². The largest absolute Gasteiger partial charge is 0.417 e. The SMILES string of the molecule is CCNC(=O)C(Cc1ccccc1)N(Cc1cccc(Cl)c1)C(=O)CN(c1ccc(Cl)c(C(F)(F)F)c1)S(=O)(=O)c1ccccc1. The molecule has 13 heteroatoms. The first-order chi connectivity index (χ1) is 21.8. The van der Waals surface area contributed by atoms with Crippen molar-refractivity contribution in [2.45, 2.75) is 37.0 Å². The monoisotopic (exact) mass is 691 g/mol. The summed E-state index contributed by atoms with van der Waals surface area (Å²) in [4.78, 5) is 28.8. The molecule has 0 radical (unpaired) electrons. The number of halogens is 5. The van der Waals surface area contributed by atoms with Crippen molar-refractivity contribution in [1.82, 2.24) is 10.2 Å². The van der Waals surface area contributed by atoms with Gasteiger partial charge in [0.05, 0.1) is 21.2 Å². The molecule has 0 fully saturated rings. The number of amides is 2. The predicted molar refractivity (Wildman–Crippen MR) is 172 cm³/mol. The minimum absolute atomic E-state index is 0.0730. The molecule has 0 spiro atoms. The van der Waals surface area contributed by atoms with Crippen molar-refractivity contribution in [3.63, 3.8) is 0 Å². The maximum absolute atomic E-state index is 14.3. The number of alkyl halides is 3. The van der Waals surface area contributed by atoms with Crippen molar-refractivity contribution < 1.29 is 31.2 Å². The van der Waals surface area contributed by atoms with Crippen molar-refractivity contribution in [3.05, 3.63) is 130 Å². The Morgan fingerprint density at radius 2 is 1.48 bits per heavy atom. The normalized spacial score (nSPS) is 12.3. The summed E-state index contributed by atoms with van der Waals surface area (Å²) in [7, 11) is -4.60. The lowest BCUT2D eigenvalue weighted by atomic mass is 10.0. The molecule has 0 saturated heterocycles. The van der Waals surface area contributed by atoms with Gasteiger partial charge in [0, 0.05) is 24.5 Å². The first kappa shape index (κ1) is 34.8. The Kier molecular flexibility index (Phi) is 11.4. The van der Waals surface area contributed by atoms with Gasteiger partial charge in [-0.2, -0.15) is 13.2 Å². The van der Waals surface area contributed by atoms with Crippen molar-refractivity contribution in [2.75, 3.05) is 17.4 Å². The van der Waals surface area contributed by atoms with E-state index in [1.165, 1.54) is 29.2 Å². The van der Waals surface area contributed by atoms with Gasteiger partial charge < -0.3 is 10.2 Å². The number of sulfonamides is 1. The first-order valence-electron chi connectivity index (χ1n) is 14.1. The van der Waals surface area contributed by atoms with Gasteiger partial charge >= 0.3 is 6.18 Å². The molecule has 0 bridgehead atoms. The molecule has 1 unspecified atom stereocenters. The van der Waals surface area contributed by atoms with Crippen LogP contribution >= 0.6 is 23.2 Å². The lowest BCUT2D eigenvalue weighted by Crippen LogP contribution is -2.53. The number of nitrogens with zero attached hydrogens (tertiary/aromatic N) is 2. The first-order valence-corrected chi connectivity index (χ1v) is 16.3. The Morgan fingerprint density at radius 3 is 2.09 bits per heavy atom. The van der Waals surface area contributed by atoms with Gasteiger partial charge in [-0.05, 0) is 60.5 Å². The highest BCUT2D eigenvalue weighted by Gasteiger charge is 2.37. The quantitative estimate of drug-likeness (QED) is 0.174. The summed E-state index contributed by atoms with van der Waals surface area (Å²) < 4.78 is 70.2. The van der Waals surface area contributed by atoms with E-state index in [2.05, 4.69) is 5.32 Å². The molecule has 0 aliphatic carbocycles. The van der Waals surface area contributed by atoms with Crippen LogP contribution in [-0.2, 0) is 38.8 Å². The number of hydrogen-bond acceptors (Lipinski definition) is 4. The number of rotatable bonds is 12. The summed E-state index contributed by atoms with van der Waals surface area (Å²) in [6.45, 7) is 0.888. The second-order valence-electron chi connectivity index (χ2n) is 10.2. The third kappa shape index (κ3) is 8.60. The summed E-state index contributed by atoms with van der Waals surface area (Å²) >= 11 is 12.1. The second kappa shape index (κ2) is 15.0. The van der Waals surface area contributed by atoms with Crippen LogP contribution in [0.1, 0.15) is 23.6 Å². The standard InChI is InChI=1S/C33H30Cl2F3N3O4S/c1-2-39-32(43)30(19-23-10-5-3-6-11-23)40(21-24-12-9-13-25(34)18-24)31(42)22-41(46(44,45)27-14-7-4-8-15-27)26-16-17-29(35)28(20-26)33(36,37)38/h3-18,20,30H,2,19,21-22H2,1H3,(H,39,43). The number of likely N-dealkylation sites (N-methyl/N-ethyl adjacent to an activating group) is 1. The molecule has 4 aromatic carbocycles. The second-order valence-corrected chi connectivity index (χ2v) is 12.9. The van der Waals surface area contributed by atoms with Gasteiger partial charge in [0.2, 0.25) is 11.8 Å². The van der Waals surface area contributed by atoms with Crippen LogP contribution in [0.4, 0.5) is 18.9 Å². The molecule has 7 nitrogen and oxygen atoms in total. The number of carbonyl (C=O) groups is 2. The van der Waals surface area contributed by atoms with Crippen LogP contribution in [0, 0.1) is 0 Å². The Morgan fingerprint density at radius 1 is 0.848 bits per heavy atom. The lowest BCUT2D eigenvalue weighted by Gasteiger charge is -2.34. The topological polar surface area (TPSA) is 86.8 Å². The Labute approximate surface area is 275 Å². The molecular formula is C33H30Cl2F3N3O4S. The van der Waals surface area contributed by atoms with Crippen LogP contribution in [-0.4, -0.2) is 44.3 Å². The average molecular weight is 693 g/mol. The highest BCUT2D eigenvalue weighted by Crippen LogP contribution is 2.38. The van der Waals surface area contributed by atoms with E-state index < -0.39 is 56.9 Å². The van der Waals surface area contributed by atoms with Crippen LogP contribution in [0.15, 0.2) is 108 Å². The molecule has 2 amide bonds. The molecule has 4 aromatic rings. The van der Waals surface area contributed by atoms with Crippen molar-refractivity contribution in [3.8, 4) is 0 Å². The predicted octanol–water partition coefficient (Wildman–Crippen LogP) is 6.98. The molecule has 0 heterocycles. The number of carbonyl (C=O) groups excluding carboxylic acids is 2. The third-order valence-corrected chi connectivity index (χ3v) is 9.37. The van der Waals surface area contributed by atoms with Gasteiger partial charge in [0.1, 0.15) is 12.6 Å². The zero-order valence-electron chi connectivity index (χ0n) is 24.5. The van der Waals surface area contributed by atoms with E-state index in [1.54, 1.807) is 67.6 Å². The smallest absolute Gasteiger partial charge is 0.355 e. The highest BCUT2D eigenvalue weighted by atomic mass is 35.5. The molecule has 0 aliphatic heterocycles. The summed E-state index contributed by atoms with van der Waals surface area (Å²) in [5.41, 5.74) is -0.433. The number of anilines is 1. The zero-order valence-corrected chi connectivity index (χ0v) is 26.9. The molecule has 1 atom stereocenters. The van der Waals surface area contributed by atoms with Gasteiger partial charge in [0.25, 0.3) is 10.0 Å². The van der Waals surface area contributed by atoms with Gasteiger partial charge in [-0.3, -0.25) is 13.9 Å². The van der Waals surface area contributed by atoms with Crippen LogP contribution < -0.4 is 9.62 Å². The molecule has 0 aromatic heterocycles. The molecule has 0 saturated carbocycles. The fraction of sp³-hybridized carbons (Fsp3) is 0.212. The van der Waals surface area contributed by atoms with Gasteiger partial charge in [-0.25, -0.2) is 8.42 Å². The Bertz CT molecular complexity index is 1780. The summed E-state index contributed by atoms with van der Waals surface area (Å²) in [6.07, 6.45) is -4.83. The highest BCUT2D eigenvalue weighted by molar-refractivity contribution is 7.92. The van der Waals surface area contributed by atoms with E-state index in [1.807, 2.05) is 0 Å². The molecule has 242 valence electrons. The molecule has 0 aliphatic rings. The van der Waals surface area contributed by atoms with Crippen LogP contribution in [0.3, 0.4) is 0 Å². The summed E-state index contributed by atoms with van der Waals surface area (Å²) in [5, 5.41) is 2.47. The third-order valence-electron chi connectivity index (χ3n) is 7.02. The van der Waals surface area contributed by atoms with Gasteiger partial charge in [-0.1, -0.05) is 83.9 Å². The van der Waals surface area contributed by atoms with Crippen molar-refractivity contribution in [2.24, 2.45) is 0 Å². The van der Waals surface area contributed by atoms with Crippen molar-refractivity contribution in [1.29, 1.82) is 0 Å². The Hall–Kier alpha value is -4.06. The van der Waals surface area contributed by atoms with E-state index in [0.29, 0.717) is 21.0 Å². The van der Waals surface area contributed by atoms with Gasteiger partial charge in [0.15, 0.2) is 0 Å². The minimum atomic E-state index is -4.91. The maximum Gasteiger partial charge on any atom is 0.417 e. The van der Waals surface area contributed by atoms with E-state index in [0.717, 1.165) is 17.7 Å². The maximum atomic E-state index is 14.3. The Balaban J connectivity index is 1.85. The van der Waals surface area contributed by atoms with Gasteiger partial charge in [-0.15, -0.1) is 0 Å². The van der Waals surface area contributed by atoms with E-state index in [4.69, 9.17) is 23.2 Å². The number of benzene rings is 4. The lowest BCUT2D eigenvalue weighted by molar-refractivity contribution is -0.140. The average Bonchev–Trinajstić information content (AvgIpc) is 3.02. The summed E-state index contributed by atoms with van der Waals surface area (Å²) in [5.74, 6) is -1.33. The van der Waals surface area contributed by atoms with E-state index in [-0.39, 0.29) is 24.4 Å². The molecule has 4 rings (SSSR count). The fourth-order valence-corrected chi connectivity index (χ4v) is 6.68. The summed E-state index contributed by atoms with van der Waals surface area (Å²) in [6, 6.07) is 24.0. The fourth-order valence-electron chi connectivity index (χ4n) is 4.81. The van der Waals surface area contributed by atoms with E-state index in [9.17, 15) is 31.2 Å². The number of nitrogens with one attached hydrogen (secondary N) is 1. The van der Waals surface area contributed by atoms with Crippen molar-refractivity contribution >= 4 is 50.7 Å². The molecule has 46 heavy (non-hydrogen) atoms. The minimum Gasteiger partial charge on any atom is -0.355 e. The number of hydrogen-bond donors (Lipinski definition) is 1.